The van der Waals surface area contributed by atoms with Crippen molar-refractivity contribution in [2.45, 2.75) is 20.0 Å². The number of hydrazone groups is 1. The normalized spacial score (nSPS) is 10.8. The van der Waals surface area contributed by atoms with Gasteiger partial charge in [-0.1, -0.05) is 57.9 Å². The van der Waals surface area contributed by atoms with Crippen LogP contribution in [0.15, 0.2) is 76.3 Å². The Labute approximate surface area is 184 Å². The summed E-state index contributed by atoms with van der Waals surface area (Å²) in [5.41, 5.74) is 6.55. The van der Waals surface area contributed by atoms with E-state index in [1.54, 1.807) is 13.3 Å². The van der Waals surface area contributed by atoms with Gasteiger partial charge >= 0.3 is 0 Å². The Bertz CT molecular complexity index is 1020. The number of rotatable bonds is 8. The highest BCUT2D eigenvalue weighted by Crippen LogP contribution is 2.28. The van der Waals surface area contributed by atoms with Gasteiger partial charge in [0.25, 0.3) is 0 Å². The number of carbonyl (C=O) groups excluding carboxylic acids is 1. The molecule has 1 N–H and O–H groups in total. The molecule has 0 radical (unpaired) electrons. The molecule has 0 atom stereocenters. The van der Waals surface area contributed by atoms with Gasteiger partial charge in [0.05, 0.1) is 19.7 Å². The Hall–Kier alpha value is -3.12. The van der Waals surface area contributed by atoms with Crippen LogP contribution in [0.25, 0.3) is 0 Å². The van der Waals surface area contributed by atoms with E-state index in [-0.39, 0.29) is 12.3 Å². The van der Waals surface area contributed by atoms with Crippen molar-refractivity contribution in [2.75, 3.05) is 7.11 Å². The van der Waals surface area contributed by atoms with Crippen molar-refractivity contribution in [2.24, 2.45) is 5.10 Å². The predicted molar refractivity (Wildman–Crippen MR) is 122 cm³/mol. The van der Waals surface area contributed by atoms with Crippen molar-refractivity contribution in [1.82, 2.24) is 5.43 Å². The highest BCUT2D eigenvalue weighted by atomic mass is 79.9. The minimum absolute atomic E-state index is 0.182. The Kier molecular flexibility index (Phi) is 7.63. The van der Waals surface area contributed by atoms with Gasteiger partial charge in [-0.3, -0.25) is 4.79 Å². The molecular weight excluding hydrogens is 444 g/mol. The molecule has 0 aromatic heterocycles. The number of nitrogens with one attached hydrogen (secondary N) is 1. The second kappa shape index (κ2) is 10.6. The maximum Gasteiger partial charge on any atom is 0.244 e. The molecule has 0 saturated carbocycles. The van der Waals surface area contributed by atoms with Crippen LogP contribution >= 0.6 is 15.9 Å². The van der Waals surface area contributed by atoms with Gasteiger partial charge in [0, 0.05) is 4.47 Å². The van der Waals surface area contributed by atoms with Crippen LogP contribution < -0.4 is 14.9 Å². The molecule has 0 aliphatic carbocycles. The lowest BCUT2D eigenvalue weighted by atomic mass is 10.1. The van der Waals surface area contributed by atoms with Crippen LogP contribution in [-0.4, -0.2) is 19.2 Å². The number of halogens is 1. The molecule has 1 amide bonds. The molecule has 6 heteroatoms. The molecule has 0 bridgehead atoms. The first-order valence-electron chi connectivity index (χ1n) is 9.46. The van der Waals surface area contributed by atoms with E-state index in [9.17, 15) is 4.79 Å². The van der Waals surface area contributed by atoms with Crippen LogP contribution in [-0.2, 0) is 17.8 Å². The van der Waals surface area contributed by atoms with E-state index in [2.05, 4.69) is 45.5 Å². The molecule has 30 heavy (non-hydrogen) atoms. The third kappa shape index (κ3) is 6.46. The molecule has 0 spiro atoms. The Morgan fingerprint density at radius 1 is 1.00 bits per heavy atom. The summed E-state index contributed by atoms with van der Waals surface area (Å²) in [5.74, 6) is 1.07. The van der Waals surface area contributed by atoms with Crippen LogP contribution in [0.5, 0.6) is 11.5 Å². The van der Waals surface area contributed by atoms with E-state index < -0.39 is 0 Å². The molecular formula is C24H23BrN2O3. The van der Waals surface area contributed by atoms with Gasteiger partial charge in [-0.15, -0.1) is 0 Å². The van der Waals surface area contributed by atoms with Gasteiger partial charge in [0.15, 0.2) is 11.5 Å². The summed E-state index contributed by atoms with van der Waals surface area (Å²) >= 11 is 3.38. The molecule has 0 unspecified atom stereocenters. The highest BCUT2D eigenvalue weighted by Gasteiger charge is 2.06. The molecule has 3 rings (SSSR count). The lowest BCUT2D eigenvalue weighted by Gasteiger charge is -2.11. The molecule has 5 nitrogen and oxygen atoms in total. The zero-order valence-corrected chi connectivity index (χ0v) is 18.5. The van der Waals surface area contributed by atoms with Crippen LogP contribution in [0.3, 0.4) is 0 Å². The van der Waals surface area contributed by atoms with Crippen LogP contribution in [0.1, 0.15) is 22.3 Å². The number of aryl methyl sites for hydroxylation is 1. The first kappa shape index (κ1) is 21.6. The van der Waals surface area contributed by atoms with Gasteiger partial charge in [0.2, 0.25) is 5.91 Å². The number of amides is 1. The molecule has 0 aliphatic rings. The lowest BCUT2D eigenvalue weighted by molar-refractivity contribution is -0.120. The zero-order valence-electron chi connectivity index (χ0n) is 16.9. The molecule has 0 heterocycles. The first-order valence-corrected chi connectivity index (χ1v) is 10.3. The van der Waals surface area contributed by atoms with E-state index in [0.717, 1.165) is 21.2 Å². The van der Waals surface area contributed by atoms with Gasteiger partial charge in [-0.25, -0.2) is 5.43 Å². The maximum absolute atomic E-state index is 12.0. The molecule has 0 saturated heterocycles. The first-order chi connectivity index (χ1) is 14.5. The number of carbonyl (C=O) groups is 1. The third-order valence-electron chi connectivity index (χ3n) is 4.38. The SMILES string of the molecule is COc1cc(/C=N\NC(=O)Cc2ccc(Br)cc2)ccc1OCc1ccc(C)cc1. The van der Waals surface area contributed by atoms with Crippen LogP contribution in [0.4, 0.5) is 0 Å². The fourth-order valence-electron chi connectivity index (χ4n) is 2.74. The third-order valence-corrected chi connectivity index (χ3v) is 4.91. The predicted octanol–water partition coefficient (Wildman–Crippen LogP) is 5.04. The summed E-state index contributed by atoms with van der Waals surface area (Å²) in [5, 5.41) is 4.03. The minimum atomic E-state index is -0.182. The summed E-state index contributed by atoms with van der Waals surface area (Å²) in [6, 6.07) is 21.3. The monoisotopic (exact) mass is 466 g/mol. The quantitative estimate of drug-likeness (QED) is 0.373. The topological polar surface area (TPSA) is 59.9 Å². The number of benzene rings is 3. The van der Waals surface area contributed by atoms with Crippen LogP contribution in [0, 0.1) is 6.92 Å². The fourth-order valence-corrected chi connectivity index (χ4v) is 3.00. The average molecular weight is 467 g/mol. The number of nitrogens with zero attached hydrogens (tertiary/aromatic N) is 1. The molecule has 0 aliphatic heterocycles. The van der Waals surface area contributed by atoms with Crippen molar-refractivity contribution in [3.05, 3.63) is 93.5 Å². The Morgan fingerprint density at radius 2 is 1.70 bits per heavy atom. The van der Waals surface area contributed by atoms with E-state index in [1.165, 1.54) is 5.56 Å². The van der Waals surface area contributed by atoms with E-state index in [1.807, 2.05) is 54.6 Å². The number of hydrogen-bond donors (Lipinski definition) is 1. The van der Waals surface area contributed by atoms with Gasteiger partial charge in [0.1, 0.15) is 6.61 Å². The minimum Gasteiger partial charge on any atom is -0.493 e. The Balaban J connectivity index is 1.56. The summed E-state index contributed by atoms with van der Waals surface area (Å²) in [6.45, 7) is 2.51. The number of ether oxygens (including phenoxy) is 2. The van der Waals surface area contributed by atoms with Crippen molar-refractivity contribution < 1.29 is 14.3 Å². The average Bonchev–Trinajstić information content (AvgIpc) is 2.75. The second-order valence-corrected chi connectivity index (χ2v) is 7.70. The largest absolute Gasteiger partial charge is 0.493 e. The smallest absolute Gasteiger partial charge is 0.244 e. The van der Waals surface area contributed by atoms with Gasteiger partial charge in [-0.05, 0) is 53.9 Å². The van der Waals surface area contributed by atoms with E-state index >= 15 is 0 Å². The second-order valence-electron chi connectivity index (χ2n) is 6.78. The molecule has 3 aromatic rings. The van der Waals surface area contributed by atoms with Crippen LogP contribution in [0.2, 0.25) is 0 Å². The van der Waals surface area contributed by atoms with Crippen molar-refractivity contribution in [1.29, 1.82) is 0 Å². The van der Waals surface area contributed by atoms with E-state index in [0.29, 0.717) is 18.1 Å². The lowest BCUT2D eigenvalue weighted by Crippen LogP contribution is -2.19. The number of methoxy groups -OCH3 is 1. The zero-order chi connectivity index (χ0) is 21.3. The summed E-state index contributed by atoms with van der Waals surface area (Å²) < 4.78 is 12.3. The Morgan fingerprint density at radius 3 is 2.40 bits per heavy atom. The summed E-state index contributed by atoms with van der Waals surface area (Å²) in [7, 11) is 1.59. The van der Waals surface area contributed by atoms with E-state index in [4.69, 9.17) is 9.47 Å². The molecule has 154 valence electrons. The number of hydrogen-bond acceptors (Lipinski definition) is 4. The molecule has 3 aromatic carbocycles. The van der Waals surface area contributed by atoms with Crippen molar-refractivity contribution >= 4 is 28.1 Å². The maximum atomic E-state index is 12.0. The van der Waals surface area contributed by atoms with Crippen molar-refractivity contribution in [3.8, 4) is 11.5 Å². The van der Waals surface area contributed by atoms with Gasteiger partial charge < -0.3 is 9.47 Å². The fraction of sp³-hybridized carbons (Fsp3) is 0.167. The van der Waals surface area contributed by atoms with Gasteiger partial charge in [-0.2, -0.15) is 5.10 Å². The standard InChI is InChI=1S/C24H23BrN2O3/c1-17-3-5-19(6-4-17)16-30-22-12-9-20(13-23(22)29-2)15-26-27-24(28)14-18-7-10-21(25)11-8-18/h3-13,15H,14,16H2,1-2H3,(H,27,28)/b26-15-. The summed E-state index contributed by atoms with van der Waals surface area (Å²) in [6.07, 6.45) is 1.84. The van der Waals surface area contributed by atoms with Crippen molar-refractivity contribution in [3.63, 3.8) is 0 Å². The highest BCUT2D eigenvalue weighted by molar-refractivity contribution is 9.10. The molecule has 0 fully saturated rings. The summed E-state index contributed by atoms with van der Waals surface area (Å²) in [4.78, 5) is 12.0.